The summed E-state index contributed by atoms with van der Waals surface area (Å²) in [5.74, 6) is -1.69. The van der Waals surface area contributed by atoms with E-state index in [4.69, 9.17) is 27.6 Å². The molecule has 0 radical (unpaired) electrons. The number of hydrogen-bond acceptors (Lipinski definition) is 5. The van der Waals surface area contributed by atoms with Crippen LogP contribution in [0.5, 0.6) is 0 Å². The summed E-state index contributed by atoms with van der Waals surface area (Å²) in [7, 11) is 3.86. The van der Waals surface area contributed by atoms with Crippen molar-refractivity contribution >= 4 is 51.5 Å². The van der Waals surface area contributed by atoms with E-state index in [-0.39, 0.29) is 17.9 Å². The highest BCUT2D eigenvalue weighted by Gasteiger charge is 2.44. The van der Waals surface area contributed by atoms with Gasteiger partial charge in [0, 0.05) is 41.8 Å². The molecule has 0 fully saturated rings. The Morgan fingerprint density at radius 1 is 0.973 bits per heavy atom. The number of rotatable bonds is 7. The Balaban J connectivity index is 1.53. The minimum atomic E-state index is -0.777. The fraction of sp³-hybridized carbons (Fsp3) is 0.172. The van der Waals surface area contributed by atoms with Gasteiger partial charge in [0.05, 0.1) is 11.6 Å². The molecule has 1 aromatic heterocycles. The number of aliphatic hydroxyl groups is 1. The van der Waals surface area contributed by atoms with Crippen molar-refractivity contribution in [3.05, 3.63) is 111 Å². The van der Waals surface area contributed by atoms with Crippen LogP contribution in [0.15, 0.2) is 88.5 Å². The van der Waals surface area contributed by atoms with Crippen molar-refractivity contribution in [2.75, 3.05) is 25.5 Å². The van der Waals surface area contributed by atoms with Gasteiger partial charge in [-0.2, -0.15) is 0 Å². The summed E-state index contributed by atoms with van der Waals surface area (Å²) < 4.78 is 5.79. The topological polar surface area (TPSA) is 74.0 Å². The number of amides is 1. The van der Waals surface area contributed by atoms with Gasteiger partial charge in [0.15, 0.2) is 11.5 Å². The average Bonchev–Trinajstić information content (AvgIpc) is 3.42. The van der Waals surface area contributed by atoms with Gasteiger partial charge in [0.25, 0.3) is 5.91 Å². The van der Waals surface area contributed by atoms with Gasteiger partial charge in [0.2, 0.25) is 5.78 Å². The number of hydrogen-bond donors (Lipinski definition) is 1. The lowest BCUT2D eigenvalue weighted by molar-refractivity contribution is -0.129. The predicted octanol–water partition coefficient (Wildman–Crippen LogP) is 6.63. The SMILES string of the molecule is CN(C)c1ccc(C2C(C(=O)c3cc4cc(Cl)ccc4o3)=C(O)C(=O)N2CCc2ccc(Cl)cc2)cc1. The largest absolute Gasteiger partial charge is 0.503 e. The van der Waals surface area contributed by atoms with Crippen molar-refractivity contribution in [2.24, 2.45) is 0 Å². The van der Waals surface area contributed by atoms with E-state index in [1.54, 1.807) is 36.4 Å². The summed E-state index contributed by atoms with van der Waals surface area (Å²) >= 11 is 12.1. The third-order valence-corrected chi connectivity index (χ3v) is 7.02. The van der Waals surface area contributed by atoms with E-state index < -0.39 is 23.5 Å². The van der Waals surface area contributed by atoms with Gasteiger partial charge in [-0.1, -0.05) is 47.5 Å². The molecule has 5 rings (SSSR count). The van der Waals surface area contributed by atoms with Crippen LogP contribution in [-0.2, 0) is 11.2 Å². The van der Waals surface area contributed by atoms with Crippen molar-refractivity contribution in [3.8, 4) is 0 Å². The van der Waals surface area contributed by atoms with Crippen LogP contribution in [-0.4, -0.2) is 42.3 Å². The van der Waals surface area contributed by atoms with Crippen LogP contribution in [0.25, 0.3) is 11.0 Å². The van der Waals surface area contributed by atoms with Gasteiger partial charge in [0.1, 0.15) is 5.58 Å². The summed E-state index contributed by atoms with van der Waals surface area (Å²) in [5, 5.41) is 12.8. The third-order valence-electron chi connectivity index (χ3n) is 6.53. The van der Waals surface area contributed by atoms with Crippen LogP contribution in [0.2, 0.25) is 10.0 Å². The molecule has 1 atom stereocenters. The molecule has 1 aliphatic heterocycles. The molecule has 0 saturated carbocycles. The maximum atomic E-state index is 13.7. The minimum absolute atomic E-state index is 0.0103. The van der Waals surface area contributed by atoms with Crippen molar-refractivity contribution in [3.63, 3.8) is 0 Å². The van der Waals surface area contributed by atoms with E-state index >= 15 is 0 Å². The first-order valence-corrected chi connectivity index (χ1v) is 12.5. The smallest absolute Gasteiger partial charge is 0.290 e. The number of aliphatic hydroxyl groups excluding tert-OH is 1. The highest BCUT2D eigenvalue weighted by atomic mass is 35.5. The molecule has 0 saturated heterocycles. The second-order valence-corrected chi connectivity index (χ2v) is 10.0. The van der Waals surface area contributed by atoms with Gasteiger partial charge in [-0.15, -0.1) is 0 Å². The molecule has 188 valence electrons. The number of ketones is 1. The van der Waals surface area contributed by atoms with Crippen molar-refractivity contribution < 1.29 is 19.1 Å². The van der Waals surface area contributed by atoms with Crippen molar-refractivity contribution in [1.82, 2.24) is 4.90 Å². The maximum absolute atomic E-state index is 13.7. The molecule has 1 amide bonds. The average molecular weight is 535 g/mol. The van der Waals surface area contributed by atoms with Crippen molar-refractivity contribution in [1.29, 1.82) is 0 Å². The number of carbonyl (C=O) groups excluding carboxylic acids is 2. The zero-order chi connectivity index (χ0) is 26.3. The second kappa shape index (κ2) is 9.96. The Morgan fingerprint density at radius 3 is 2.32 bits per heavy atom. The lowest BCUT2D eigenvalue weighted by Crippen LogP contribution is -2.33. The number of fused-ring (bicyclic) bond motifs is 1. The molecular formula is C29H24Cl2N2O4. The number of nitrogens with zero attached hydrogens (tertiary/aromatic N) is 2. The third kappa shape index (κ3) is 4.82. The summed E-state index contributed by atoms with van der Waals surface area (Å²) in [6.07, 6.45) is 0.521. The van der Waals surface area contributed by atoms with Gasteiger partial charge < -0.3 is 19.3 Å². The first-order chi connectivity index (χ1) is 17.7. The Kier molecular flexibility index (Phi) is 6.71. The summed E-state index contributed by atoms with van der Waals surface area (Å²) in [4.78, 5) is 30.5. The highest BCUT2D eigenvalue weighted by molar-refractivity contribution is 6.31. The molecule has 0 aliphatic carbocycles. The van der Waals surface area contributed by atoms with Crippen LogP contribution in [0, 0.1) is 0 Å². The molecule has 1 N–H and O–H groups in total. The lowest BCUT2D eigenvalue weighted by atomic mass is 9.94. The Bertz CT molecular complexity index is 1520. The van der Waals surface area contributed by atoms with Gasteiger partial charge >= 0.3 is 0 Å². The number of carbonyl (C=O) groups is 2. The molecule has 6 nitrogen and oxygen atoms in total. The van der Waals surface area contributed by atoms with Gasteiger partial charge in [-0.25, -0.2) is 0 Å². The van der Waals surface area contributed by atoms with E-state index in [1.807, 2.05) is 55.4 Å². The zero-order valence-corrected chi connectivity index (χ0v) is 21.8. The first kappa shape index (κ1) is 24.9. The van der Waals surface area contributed by atoms with E-state index in [0.717, 1.165) is 11.3 Å². The first-order valence-electron chi connectivity index (χ1n) is 11.7. The number of halogens is 2. The number of Topliss-reactive ketones (excluding diaryl/α,β-unsaturated/α-hetero) is 1. The zero-order valence-electron chi connectivity index (χ0n) is 20.2. The van der Waals surface area contributed by atoms with Crippen LogP contribution >= 0.6 is 23.2 Å². The van der Waals surface area contributed by atoms with E-state index in [0.29, 0.717) is 33.0 Å². The fourth-order valence-corrected chi connectivity index (χ4v) is 4.88. The van der Waals surface area contributed by atoms with Crippen LogP contribution < -0.4 is 4.90 Å². The Hall–Kier alpha value is -3.74. The number of benzene rings is 3. The normalized spacial score (nSPS) is 15.6. The number of furan rings is 1. The van der Waals surface area contributed by atoms with Crippen LogP contribution in [0.1, 0.15) is 27.7 Å². The highest BCUT2D eigenvalue weighted by Crippen LogP contribution is 2.40. The molecule has 3 aromatic carbocycles. The van der Waals surface area contributed by atoms with Crippen molar-refractivity contribution in [2.45, 2.75) is 12.5 Å². The molecule has 4 aromatic rings. The van der Waals surface area contributed by atoms with Gasteiger partial charge in [-0.05, 0) is 66.1 Å². The molecule has 2 heterocycles. The quantitative estimate of drug-likeness (QED) is 0.269. The second-order valence-electron chi connectivity index (χ2n) is 9.15. The van der Waals surface area contributed by atoms with Gasteiger partial charge in [-0.3, -0.25) is 9.59 Å². The standard InChI is InChI=1S/C29H24Cl2N2O4/c1-32(2)22-10-5-18(6-11-22)26-25(27(34)24-16-19-15-21(31)9-12-23(19)37-24)28(35)29(36)33(26)14-13-17-3-7-20(30)8-4-17/h3-12,15-16,26,35H,13-14H2,1-2H3. The monoisotopic (exact) mass is 534 g/mol. The molecule has 0 bridgehead atoms. The molecule has 1 aliphatic rings. The van der Waals surface area contributed by atoms with Crippen LogP contribution in [0.4, 0.5) is 5.69 Å². The predicted molar refractivity (Wildman–Crippen MR) is 146 cm³/mol. The molecule has 8 heteroatoms. The summed E-state index contributed by atoms with van der Waals surface area (Å²) in [6.45, 7) is 0.289. The van der Waals surface area contributed by atoms with E-state index in [9.17, 15) is 14.7 Å². The summed E-state index contributed by atoms with van der Waals surface area (Å²) in [5.41, 5.74) is 3.14. The summed E-state index contributed by atoms with van der Waals surface area (Å²) in [6, 6.07) is 20.8. The van der Waals surface area contributed by atoms with E-state index in [2.05, 4.69) is 0 Å². The Morgan fingerprint density at radius 2 is 1.65 bits per heavy atom. The minimum Gasteiger partial charge on any atom is -0.503 e. The van der Waals surface area contributed by atoms with Crippen LogP contribution in [0.3, 0.4) is 0 Å². The molecule has 37 heavy (non-hydrogen) atoms. The fourth-order valence-electron chi connectivity index (χ4n) is 4.58. The molecular weight excluding hydrogens is 511 g/mol. The lowest BCUT2D eigenvalue weighted by Gasteiger charge is -2.27. The number of anilines is 1. The van der Waals surface area contributed by atoms with E-state index in [1.165, 1.54) is 4.90 Å². The maximum Gasteiger partial charge on any atom is 0.290 e. The molecule has 0 spiro atoms. The molecule has 1 unspecified atom stereocenters. The Labute approximate surface area is 224 Å².